The molecule has 0 aliphatic heterocycles. The van der Waals surface area contributed by atoms with E-state index in [2.05, 4.69) is 30.2 Å². The van der Waals surface area contributed by atoms with Crippen LogP contribution < -0.4 is 5.32 Å². The van der Waals surface area contributed by atoms with Crippen LogP contribution in [-0.2, 0) is 11.3 Å². The highest BCUT2D eigenvalue weighted by Gasteiger charge is 2.06. The van der Waals surface area contributed by atoms with Crippen LogP contribution in [0, 0.1) is 5.92 Å². The van der Waals surface area contributed by atoms with Crippen LogP contribution in [0.3, 0.4) is 0 Å². The van der Waals surface area contributed by atoms with Gasteiger partial charge in [-0.05, 0) is 24.0 Å². The van der Waals surface area contributed by atoms with Crippen LogP contribution in [0.15, 0.2) is 18.3 Å². The lowest BCUT2D eigenvalue weighted by Crippen LogP contribution is -2.09. The van der Waals surface area contributed by atoms with Gasteiger partial charge < -0.3 is 10.1 Å². The summed E-state index contributed by atoms with van der Waals surface area (Å²) in [5.74, 6) is 1.60. The maximum atomic E-state index is 5.78. The summed E-state index contributed by atoms with van der Waals surface area (Å²) in [6, 6.07) is 4.04. The van der Waals surface area contributed by atoms with Crippen molar-refractivity contribution in [1.82, 2.24) is 4.98 Å². The molecule has 0 spiro atoms. The number of unbranched alkanes of at least 4 members (excludes halogenated alkanes) is 1. The molecular weight excluding hydrogens is 224 g/mol. The van der Waals surface area contributed by atoms with E-state index in [0.717, 1.165) is 18.0 Å². The van der Waals surface area contributed by atoms with Gasteiger partial charge in [0.2, 0.25) is 0 Å². The van der Waals surface area contributed by atoms with Gasteiger partial charge in [0, 0.05) is 19.9 Å². The van der Waals surface area contributed by atoms with Crippen LogP contribution >= 0.6 is 0 Å². The molecule has 0 aromatic carbocycles. The largest absolute Gasteiger partial charge is 0.376 e. The van der Waals surface area contributed by atoms with Crippen LogP contribution in [0.4, 0.5) is 5.82 Å². The predicted octanol–water partition coefficient (Wildman–Crippen LogP) is 3.86. The zero-order valence-corrected chi connectivity index (χ0v) is 11.9. The minimum atomic E-state index is 0.666. The topological polar surface area (TPSA) is 34.1 Å². The second-order valence-corrected chi connectivity index (χ2v) is 4.73. The van der Waals surface area contributed by atoms with E-state index in [0.29, 0.717) is 12.5 Å². The van der Waals surface area contributed by atoms with Crippen LogP contribution in [0.2, 0.25) is 0 Å². The molecule has 3 heteroatoms. The average molecular weight is 250 g/mol. The van der Waals surface area contributed by atoms with Gasteiger partial charge in [-0.3, -0.25) is 0 Å². The first-order valence-electron chi connectivity index (χ1n) is 7.00. The summed E-state index contributed by atoms with van der Waals surface area (Å²) in [4.78, 5) is 4.27. The minimum absolute atomic E-state index is 0.666. The second kappa shape index (κ2) is 8.92. The summed E-state index contributed by atoms with van der Waals surface area (Å²) in [6.45, 7) is 6.01. The molecule has 0 aliphatic rings. The highest BCUT2D eigenvalue weighted by atomic mass is 16.5. The molecule has 0 amide bonds. The zero-order chi connectivity index (χ0) is 13.2. The summed E-state index contributed by atoms with van der Waals surface area (Å²) in [5, 5.41) is 3.01. The summed E-state index contributed by atoms with van der Waals surface area (Å²) < 4.78 is 5.78. The predicted molar refractivity (Wildman–Crippen MR) is 76.7 cm³/mol. The molecule has 1 unspecified atom stereocenters. The Hall–Kier alpha value is -1.09. The number of ether oxygens (including phenoxy) is 1. The Morgan fingerprint density at radius 2 is 2.17 bits per heavy atom. The number of hydrogen-bond donors (Lipinski definition) is 1. The lowest BCUT2D eigenvalue weighted by atomic mass is 10.0. The summed E-state index contributed by atoms with van der Waals surface area (Å²) >= 11 is 0. The van der Waals surface area contributed by atoms with E-state index in [9.17, 15) is 0 Å². The first-order chi connectivity index (χ1) is 8.80. The lowest BCUT2D eigenvalue weighted by Gasteiger charge is -2.14. The molecule has 1 aromatic rings. The highest BCUT2D eigenvalue weighted by Crippen LogP contribution is 2.14. The second-order valence-electron chi connectivity index (χ2n) is 4.73. The number of anilines is 1. The van der Waals surface area contributed by atoms with E-state index in [1.807, 2.05) is 19.3 Å². The lowest BCUT2D eigenvalue weighted by molar-refractivity contribution is 0.0818. The maximum Gasteiger partial charge on any atom is 0.125 e. The first kappa shape index (κ1) is 15.0. The highest BCUT2D eigenvalue weighted by molar-refractivity contribution is 5.34. The fraction of sp³-hybridized carbons (Fsp3) is 0.667. The van der Waals surface area contributed by atoms with E-state index < -0.39 is 0 Å². The Balaban J connectivity index is 2.26. The van der Waals surface area contributed by atoms with E-state index in [4.69, 9.17) is 4.74 Å². The zero-order valence-electron chi connectivity index (χ0n) is 11.9. The van der Waals surface area contributed by atoms with Crippen molar-refractivity contribution in [3.8, 4) is 0 Å². The molecule has 18 heavy (non-hydrogen) atoms. The monoisotopic (exact) mass is 250 g/mol. The Labute approximate surface area is 111 Å². The van der Waals surface area contributed by atoms with Crippen molar-refractivity contribution in [1.29, 1.82) is 0 Å². The first-order valence-corrected chi connectivity index (χ1v) is 7.00. The molecule has 1 N–H and O–H groups in total. The van der Waals surface area contributed by atoms with Crippen LogP contribution in [0.5, 0.6) is 0 Å². The quantitative estimate of drug-likeness (QED) is 0.722. The van der Waals surface area contributed by atoms with Gasteiger partial charge in [-0.2, -0.15) is 0 Å². The molecule has 1 aromatic heterocycles. The van der Waals surface area contributed by atoms with Gasteiger partial charge in [0.25, 0.3) is 0 Å². The Bertz CT molecular complexity index is 311. The van der Waals surface area contributed by atoms with Crippen molar-refractivity contribution < 1.29 is 4.74 Å². The average Bonchev–Trinajstić information content (AvgIpc) is 2.43. The smallest absolute Gasteiger partial charge is 0.125 e. The number of nitrogens with zero attached hydrogens (tertiary/aromatic N) is 1. The Kier molecular flexibility index (Phi) is 7.42. The van der Waals surface area contributed by atoms with Crippen molar-refractivity contribution >= 4 is 5.82 Å². The molecule has 1 rings (SSSR count). The van der Waals surface area contributed by atoms with Crippen molar-refractivity contribution in [3.05, 3.63) is 23.9 Å². The summed E-state index contributed by atoms with van der Waals surface area (Å²) in [7, 11) is 1.87. The number of nitrogens with one attached hydrogen (secondary N) is 1. The Morgan fingerprint density at radius 1 is 1.33 bits per heavy atom. The van der Waals surface area contributed by atoms with Gasteiger partial charge in [-0.25, -0.2) is 4.98 Å². The van der Waals surface area contributed by atoms with Gasteiger partial charge in [-0.15, -0.1) is 0 Å². The number of pyridine rings is 1. The summed E-state index contributed by atoms with van der Waals surface area (Å²) in [6.07, 6.45) is 6.94. The number of rotatable bonds is 9. The Morgan fingerprint density at radius 3 is 2.72 bits per heavy atom. The van der Waals surface area contributed by atoms with Crippen LogP contribution in [0.25, 0.3) is 0 Å². The molecule has 0 aliphatic carbocycles. The standard InChI is InChI=1S/C15H26N2O/c1-4-6-7-13(5-2)11-18-12-14-8-9-15(16-3)17-10-14/h8-10,13H,4-7,11-12H2,1-3H3,(H,16,17). The fourth-order valence-electron chi connectivity index (χ4n) is 1.90. The molecule has 0 saturated carbocycles. The van der Waals surface area contributed by atoms with Crippen molar-refractivity contribution in [2.75, 3.05) is 19.0 Å². The third-order valence-electron chi connectivity index (χ3n) is 3.25. The van der Waals surface area contributed by atoms with Gasteiger partial charge in [0.15, 0.2) is 0 Å². The van der Waals surface area contributed by atoms with Crippen molar-refractivity contribution in [2.45, 2.75) is 46.1 Å². The third-order valence-corrected chi connectivity index (χ3v) is 3.25. The third kappa shape index (κ3) is 5.50. The molecule has 0 bridgehead atoms. The molecule has 102 valence electrons. The van der Waals surface area contributed by atoms with Gasteiger partial charge in [0.05, 0.1) is 6.61 Å². The SMILES string of the molecule is CCCCC(CC)COCc1ccc(NC)nc1. The van der Waals surface area contributed by atoms with E-state index >= 15 is 0 Å². The number of aromatic nitrogens is 1. The maximum absolute atomic E-state index is 5.78. The minimum Gasteiger partial charge on any atom is -0.376 e. The molecule has 0 radical (unpaired) electrons. The molecule has 1 atom stereocenters. The number of hydrogen-bond acceptors (Lipinski definition) is 3. The van der Waals surface area contributed by atoms with Gasteiger partial charge in [0.1, 0.15) is 5.82 Å². The van der Waals surface area contributed by atoms with Crippen LogP contribution in [0.1, 0.15) is 45.1 Å². The molecule has 0 fully saturated rings. The molecule has 1 heterocycles. The normalized spacial score (nSPS) is 12.4. The van der Waals surface area contributed by atoms with Crippen molar-refractivity contribution in [3.63, 3.8) is 0 Å². The van der Waals surface area contributed by atoms with E-state index in [1.165, 1.54) is 25.7 Å². The van der Waals surface area contributed by atoms with Gasteiger partial charge >= 0.3 is 0 Å². The van der Waals surface area contributed by atoms with Gasteiger partial charge in [-0.1, -0.05) is 39.2 Å². The van der Waals surface area contributed by atoms with E-state index in [-0.39, 0.29) is 0 Å². The molecule has 0 saturated heterocycles. The van der Waals surface area contributed by atoms with E-state index in [1.54, 1.807) is 0 Å². The summed E-state index contributed by atoms with van der Waals surface area (Å²) in [5.41, 5.74) is 1.14. The van der Waals surface area contributed by atoms with Crippen LogP contribution in [-0.4, -0.2) is 18.6 Å². The van der Waals surface area contributed by atoms with Crippen molar-refractivity contribution in [2.24, 2.45) is 5.92 Å². The fourth-order valence-corrected chi connectivity index (χ4v) is 1.90. The molecule has 3 nitrogen and oxygen atoms in total. The molecular formula is C15H26N2O.